The molecule has 2 heterocycles. The van der Waals surface area contributed by atoms with Gasteiger partial charge in [0.05, 0.1) is 18.3 Å². The van der Waals surface area contributed by atoms with E-state index < -0.39 is 11.9 Å². The first-order chi connectivity index (χ1) is 9.96. The lowest BCUT2D eigenvalue weighted by molar-refractivity contribution is -0.160. The number of anilines is 1. The summed E-state index contributed by atoms with van der Waals surface area (Å²) in [4.78, 5) is 8.03. The summed E-state index contributed by atoms with van der Waals surface area (Å²) in [7, 11) is 0. The van der Waals surface area contributed by atoms with Crippen molar-refractivity contribution >= 4 is 17.4 Å². The summed E-state index contributed by atoms with van der Waals surface area (Å²) in [6.07, 6.45) is 4.38. The van der Waals surface area contributed by atoms with Gasteiger partial charge in [0.25, 0.3) is 0 Å². The van der Waals surface area contributed by atoms with Crippen LogP contribution in [0.1, 0.15) is 26.7 Å². The van der Waals surface area contributed by atoms with Crippen molar-refractivity contribution in [3.8, 4) is 0 Å². The van der Waals surface area contributed by atoms with Crippen molar-refractivity contribution in [2.75, 3.05) is 11.9 Å². The van der Waals surface area contributed by atoms with Crippen LogP contribution in [0.4, 0.5) is 5.82 Å². The molecule has 1 saturated heterocycles. The fourth-order valence-corrected chi connectivity index (χ4v) is 3.35. The van der Waals surface area contributed by atoms with Gasteiger partial charge in [-0.15, -0.1) is 0 Å². The Hall–Kier alpha value is -0.950. The number of halogens is 1. The van der Waals surface area contributed by atoms with E-state index in [2.05, 4.69) is 15.3 Å². The zero-order valence-electron chi connectivity index (χ0n) is 12.1. The maximum atomic E-state index is 10.4. The molecule has 2 N–H and O–H groups in total. The number of ether oxygens (including phenoxy) is 2. The Morgan fingerprint density at radius 3 is 2.90 bits per heavy atom. The smallest absolute Gasteiger partial charge is 0.171 e. The predicted molar refractivity (Wildman–Crippen MR) is 78.1 cm³/mol. The van der Waals surface area contributed by atoms with Crippen LogP contribution in [0.15, 0.2) is 12.4 Å². The van der Waals surface area contributed by atoms with E-state index in [1.165, 1.54) is 6.20 Å². The molecule has 1 aromatic heterocycles. The molecule has 2 aliphatic rings. The second-order valence-corrected chi connectivity index (χ2v) is 6.38. The van der Waals surface area contributed by atoms with Crippen LogP contribution in [0, 0.1) is 5.92 Å². The van der Waals surface area contributed by atoms with E-state index in [0.717, 1.165) is 12.8 Å². The predicted octanol–water partition coefficient (Wildman–Crippen LogP) is 1.83. The van der Waals surface area contributed by atoms with Crippen LogP contribution in [0.25, 0.3) is 0 Å². The molecule has 3 rings (SSSR count). The van der Waals surface area contributed by atoms with Crippen LogP contribution < -0.4 is 5.32 Å². The molecule has 1 saturated carbocycles. The van der Waals surface area contributed by atoms with Crippen LogP contribution in [0.2, 0.25) is 5.15 Å². The van der Waals surface area contributed by atoms with E-state index in [1.54, 1.807) is 6.20 Å². The van der Waals surface area contributed by atoms with Crippen LogP contribution >= 0.6 is 11.6 Å². The van der Waals surface area contributed by atoms with Crippen molar-refractivity contribution in [3.63, 3.8) is 0 Å². The average molecular weight is 314 g/mol. The molecule has 0 radical (unpaired) electrons. The van der Waals surface area contributed by atoms with Gasteiger partial charge in [-0.25, -0.2) is 9.97 Å². The summed E-state index contributed by atoms with van der Waals surface area (Å²) in [5.41, 5.74) is 0. The highest BCUT2D eigenvalue weighted by Crippen LogP contribution is 2.42. The Morgan fingerprint density at radius 2 is 2.14 bits per heavy atom. The minimum absolute atomic E-state index is 0.0471. The van der Waals surface area contributed by atoms with Gasteiger partial charge in [-0.2, -0.15) is 0 Å². The summed E-state index contributed by atoms with van der Waals surface area (Å²) in [6.45, 7) is 4.18. The quantitative estimate of drug-likeness (QED) is 0.883. The first-order valence-corrected chi connectivity index (χ1v) is 7.58. The third-order valence-corrected chi connectivity index (χ3v) is 4.33. The standard InChI is InChI=1S/C14H20ClN3O3/c1-14(2)20-10-4-3-8(11(10)21-14)9(19)7-18-13-12(15)16-5-6-17-13/h5-6,8-11,19H,3-4,7H2,1-2H3,(H,17,18)/t8-,9?,10+,11-/m0/s1. The normalized spacial score (nSPS) is 31.9. The Balaban J connectivity index is 1.59. The minimum atomic E-state index is -0.560. The molecule has 21 heavy (non-hydrogen) atoms. The van der Waals surface area contributed by atoms with Crippen LogP contribution in [-0.4, -0.2) is 45.7 Å². The molecule has 2 fully saturated rings. The molecule has 1 aliphatic carbocycles. The number of rotatable bonds is 4. The third kappa shape index (κ3) is 3.13. The van der Waals surface area contributed by atoms with Crippen LogP contribution in [0.3, 0.4) is 0 Å². The second kappa shape index (κ2) is 5.68. The van der Waals surface area contributed by atoms with E-state index in [0.29, 0.717) is 17.5 Å². The molecule has 0 bridgehead atoms. The van der Waals surface area contributed by atoms with E-state index in [9.17, 15) is 5.11 Å². The van der Waals surface area contributed by atoms with E-state index in [-0.39, 0.29) is 18.1 Å². The van der Waals surface area contributed by atoms with E-state index >= 15 is 0 Å². The molecule has 7 heteroatoms. The fourth-order valence-electron chi connectivity index (χ4n) is 3.17. The Morgan fingerprint density at radius 1 is 1.38 bits per heavy atom. The summed E-state index contributed by atoms with van der Waals surface area (Å²) < 4.78 is 11.8. The molecule has 1 aromatic rings. The van der Waals surface area contributed by atoms with Crippen molar-refractivity contribution in [1.29, 1.82) is 0 Å². The lowest BCUT2D eigenvalue weighted by atomic mass is 9.98. The summed E-state index contributed by atoms with van der Waals surface area (Å²) in [5.74, 6) is -0.0218. The van der Waals surface area contributed by atoms with E-state index in [4.69, 9.17) is 21.1 Å². The van der Waals surface area contributed by atoms with Crippen molar-refractivity contribution in [2.45, 2.75) is 50.8 Å². The molecule has 1 aliphatic heterocycles. The van der Waals surface area contributed by atoms with Crippen molar-refractivity contribution < 1.29 is 14.6 Å². The number of aliphatic hydroxyl groups excluding tert-OH is 1. The van der Waals surface area contributed by atoms with Gasteiger partial charge in [0.15, 0.2) is 16.8 Å². The zero-order chi connectivity index (χ0) is 15.0. The fraction of sp³-hybridized carbons (Fsp3) is 0.714. The number of nitrogens with one attached hydrogen (secondary N) is 1. The molecule has 0 spiro atoms. The first-order valence-electron chi connectivity index (χ1n) is 7.20. The number of aliphatic hydroxyl groups is 1. The lowest BCUT2D eigenvalue weighted by Crippen LogP contribution is -2.36. The minimum Gasteiger partial charge on any atom is -0.391 e. The highest BCUT2D eigenvalue weighted by molar-refractivity contribution is 6.31. The Labute approximate surface area is 128 Å². The largest absolute Gasteiger partial charge is 0.391 e. The van der Waals surface area contributed by atoms with Crippen LogP contribution in [0.5, 0.6) is 0 Å². The van der Waals surface area contributed by atoms with Crippen molar-refractivity contribution in [3.05, 3.63) is 17.5 Å². The van der Waals surface area contributed by atoms with Crippen molar-refractivity contribution in [1.82, 2.24) is 9.97 Å². The molecule has 0 amide bonds. The van der Waals surface area contributed by atoms with Gasteiger partial charge in [0.1, 0.15) is 0 Å². The SMILES string of the molecule is CC1(C)O[C@@H]2[C@@H](CC[C@H]2C(O)CNc2nccnc2Cl)O1. The molecular formula is C14H20ClN3O3. The van der Waals surface area contributed by atoms with Gasteiger partial charge in [-0.3, -0.25) is 0 Å². The summed E-state index contributed by atoms with van der Waals surface area (Å²) >= 11 is 5.93. The molecule has 4 atom stereocenters. The van der Waals surface area contributed by atoms with Gasteiger partial charge in [-0.1, -0.05) is 11.6 Å². The summed E-state index contributed by atoms with van der Waals surface area (Å²) in [5, 5.41) is 13.8. The molecular weight excluding hydrogens is 294 g/mol. The topological polar surface area (TPSA) is 76.5 Å². The average Bonchev–Trinajstić information content (AvgIpc) is 2.92. The highest BCUT2D eigenvalue weighted by Gasteiger charge is 2.50. The molecule has 6 nitrogen and oxygen atoms in total. The first kappa shape index (κ1) is 15.0. The van der Waals surface area contributed by atoms with Gasteiger partial charge in [0, 0.05) is 24.9 Å². The summed E-state index contributed by atoms with van der Waals surface area (Å²) in [6, 6.07) is 0. The Bertz CT molecular complexity index is 514. The third-order valence-electron chi connectivity index (χ3n) is 4.05. The molecule has 0 aromatic carbocycles. The van der Waals surface area contributed by atoms with Gasteiger partial charge < -0.3 is 19.9 Å². The van der Waals surface area contributed by atoms with E-state index in [1.807, 2.05) is 13.8 Å². The van der Waals surface area contributed by atoms with Gasteiger partial charge in [-0.05, 0) is 26.7 Å². The number of fused-ring (bicyclic) bond motifs is 1. The zero-order valence-corrected chi connectivity index (χ0v) is 12.9. The molecule has 1 unspecified atom stereocenters. The number of aromatic nitrogens is 2. The maximum Gasteiger partial charge on any atom is 0.171 e. The number of hydrogen-bond donors (Lipinski definition) is 2. The van der Waals surface area contributed by atoms with Crippen molar-refractivity contribution in [2.24, 2.45) is 5.92 Å². The molecule has 116 valence electrons. The second-order valence-electron chi connectivity index (χ2n) is 6.02. The monoisotopic (exact) mass is 313 g/mol. The number of nitrogens with zero attached hydrogens (tertiary/aromatic N) is 2. The highest BCUT2D eigenvalue weighted by atomic mass is 35.5. The van der Waals surface area contributed by atoms with Crippen LogP contribution in [-0.2, 0) is 9.47 Å². The van der Waals surface area contributed by atoms with Gasteiger partial charge in [0.2, 0.25) is 0 Å². The maximum absolute atomic E-state index is 10.4. The number of hydrogen-bond acceptors (Lipinski definition) is 6. The lowest BCUT2D eigenvalue weighted by Gasteiger charge is -2.25. The Kier molecular flexibility index (Phi) is 4.05. The van der Waals surface area contributed by atoms with Gasteiger partial charge >= 0.3 is 0 Å².